The molecule has 0 aliphatic rings. The van der Waals surface area contributed by atoms with Crippen molar-refractivity contribution in [2.45, 2.75) is 6.61 Å². The number of carbonyl (C=O) groups excluding carboxylic acids is 1. The second-order valence-electron chi connectivity index (χ2n) is 4.41. The van der Waals surface area contributed by atoms with Crippen molar-refractivity contribution in [3.8, 4) is 5.75 Å². The lowest BCUT2D eigenvalue weighted by Gasteiger charge is -2.06. The summed E-state index contributed by atoms with van der Waals surface area (Å²) in [5.41, 5.74) is -0.352. The molecule has 118 valence electrons. The number of non-ortho nitro benzene ring substituents is 1. The highest BCUT2D eigenvalue weighted by molar-refractivity contribution is 5.91. The molecule has 0 radical (unpaired) electrons. The lowest BCUT2D eigenvalue weighted by atomic mass is 10.2. The van der Waals surface area contributed by atoms with Gasteiger partial charge in [-0.25, -0.2) is 4.79 Å². The Balaban J connectivity index is 2.26. The minimum absolute atomic E-state index is 0.0103. The van der Waals surface area contributed by atoms with E-state index in [-0.39, 0.29) is 17.0 Å². The average Bonchev–Trinajstić information content (AvgIpc) is 2.55. The number of nitro groups is 2. The number of nitrogens with zero attached hydrogens (tertiary/aromatic N) is 2. The van der Waals surface area contributed by atoms with E-state index < -0.39 is 28.1 Å². The standard InChI is InChI=1S/C14H10N2O7/c17-8-9-1-6-13(12(7-9)16(21)22)23-14(18)10-2-4-11(5-3-10)15(19)20/h1-7,17H,8H2. The van der Waals surface area contributed by atoms with Crippen LogP contribution in [-0.2, 0) is 6.61 Å². The number of ether oxygens (including phenoxy) is 1. The molecule has 0 aliphatic carbocycles. The van der Waals surface area contributed by atoms with Crippen LogP contribution in [0.4, 0.5) is 11.4 Å². The molecule has 0 saturated carbocycles. The van der Waals surface area contributed by atoms with Crippen molar-refractivity contribution in [3.05, 3.63) is 73.8 Å². The van der Waals surface area contributed by atoms with Gasteiger partial charge in [0.05, 0.1) is 22.0 Å². The van der Waals surface area contributed by atoms with Crippen molar-refractivity contribution in [2.75, 3.05) is 0 Å². The van der Waals surface area contributed by atoms with Crippen molar-refractivity contribution in [2.24, 2.45) is 0 Å². The Bertz CT molecular complexity index is 771. The fourth-order valence-electron chi connectivity index (χ4n) is 1.77. The van der Waals surface area contributed by atoms with Crippen LogP contribution in [0.25, 0.3) is 0 Å². The summed E-state index contributed by atoms with van der Waals surface area (Å²) in [5.74, 6) is -1.17. The summed E-state index contributed by atoms with van der Waals surface area (Å²) < 4.78 is 4.96. The maximum Gasteiger partial charge on any atom is 0.343 e. The molecule has 0 spiro atoms. The molecule has 2 rings (SSSR count). The molecule has 9 nitrogen and oxygen atoms in total. The molecule has 0 saturated heterocycles. The second kappa shape index (κ2) is 6.62. The topological polar surface area (TPSA) is 133 Å². The number of aliphatic hydroxyl groups is 1. The first-order valence-electron chi connectivity index (χ1n) is 6.27. The first-order chi connectivity index (χ1) is 10.9. The van der Waals surface area contributed by atoms with Crippen LogP contribution < -0.4 is 4.74 Å². The molecule has 2 aromatic carbocycles. The average molecular weight is 318 g/mol. The molecule has 0 aromatic heterocycles. The zero-order valence-electron chi connectivity index (χ0n) is 11.5. The van der Waals surface area contributed by atoms with Gasteiger partial charge in [-0.1, -0.05) is 6.07 Å². The van der Waals surface area contributed by atoms with Crippen molar-refractivity contribution >= 4 is 17.3 Å². The minimum atomic E-state index is -0.889. The van der Waals surface area contributed by atoms with Gasteiger partial charge >= 0.3 is 11.7 Å². The molecule has 9 heteroatoms. The molecular weight excluding hydrogens is 308 g/mol. The van der Waals surface area contributed by atoms with E-state index in [2.05, 4.69) is 0 Å². The number of rotatable bonds is 5. The van der Waals surface area contributed by atoms with Gasteiger partial charge in [0.25, 0.3) is 5.69 Å². The van der Waals surface area contributed by atoms with Gasteiger partial charge in [0.15, 0.2) is 0 Å². The zero-order valence-corrected chi connectivity index (χ0v) is 11.5. The monoisotopic (exact) mass is 318 g/mol. The van der Waals surface area contributed by atoms with Crippen LogP contribution in [0.1, 0.15) is 15.9 Å². The highest BCUT2D eigenvalue weighted by atomic mass is 16.6. The summed E-state index contributed by atoms with van der Waals surface area (Å²) in [5, 5.41) is 30.5. The summed E-state index contributed by atoms with van der Waals surface area (Å²) in [6.07, 6.45) is 0. The first-order valence-corrected chi connectivity index (χ1v) is 6.27. The van der Waals surface area contributed by atoms with E-state index in [4.69, 9.17) is 9.84 Å². The SMILES string of the molecule is O=C(Oc1ccc(CO)cc1[N+](=O)[O-])c1ccc([N+](=O)[O-])cc1. The Morgan fingerprint density at radius 3 is 2.22 bits per heavy atom. The largest absolute Gasteiger partial charge is 0.416 e. The lowest BCUT2D eigenvalue weighted by Crippen LogP contribution is -2.10. The Hall–Kier alpha value is -3.33. The van der Waals surface area contributed by atoms with Gasteiger partial charge in [-0.3, -0.25) is 20.2 Å². The van der Waals surface area contributed by atoms with Crippen molar-refractivity contribution < 1.29 is 24.5 Å². The molecule has 0 amide bonds. The second-order valence-corrected chi connectivity index (χ2v) is 4.41. The van der Waals surface area contributed by atoms with E-state index in [0.717, 1.165) is 18.2 Å². The highest BCUT2D eigenvalue weighted by Gasteiger charge is 2.20. The van der Waals surface area contributed by atoms with Gasteiger partial charge in [0, 0.05) is 18.2 Å². The predicted octanol–water partition coefficient (Wildman–Crippen LogP) is 2.21. The van der Waals surface area contributed by atoms with E-state index in [0.29, 0.717) is 5.56 Å². The van der Waals surface area contributed by atoms with Crippen LogP contribution in [0.15, 0.2) is 42.5 Å². The molecule has 0 fully saturated rings. The maximum atomic E-state index is 12.0. The number of hydrogen-bond donors (Lipinski definition) is 1. The molecule has 1 N–H and O–H groups in total. The van der Waals surface area contributed by atoms with Gasteiger partial charge in [-0.15, -0.1) is 0 Å². The van der Waals surface area contributed by atoms with Crippen LogP contribution in [0.5, 0.6) is 5.75 Å². The minimum Gasteiger partial charge on any atom is -0.416 e. The molecular formula is C14H10N2O7. The number of nitro benzene ring substituents is 2. The van der Waals surface area contributed by atoms with Gasteiger partial charge in [-0.05, 0) is 23.8 Å². The quantitative estimate of drug-likeness (QED) is 0.386. The van der Waals surface area contributed by atoms with E-state index in [9.17, 15) is 25.0 Å². The molecule has 0 aliphatic heterocycles. The third-order valence-electron chi connectivity index (χ3n) is 2.92. The number of aliphatic hydroxyl groups excluding tert-OH is 1. The van der Waals surface area contributed by atoms with Gasteiger partial charge in [0.1, 0.15) is 0 Å². The number of benzene rings is 2. The summed E-state index contributed by atoms with van der Waals surface area (Å²) >= 11 is 0. The summed E-state index contributed by atoms with van der Waals surface area (Å²) in [6.45, 7) is -0.391. The number of esters is 1. The summed E-state index contributed by atoms with van der Waals surface area (Å²) in [6, 6.07) is 8.30. The van der Waals surface area contributed by atoms with Crippen LogP contribution in [-0.4, -0.2) is 20.9 Å². The van der Waals surface area contributed by atoms with Crippen molar-refractivity contribution in [1.82, 2.24) is 0 Å². The van der Waals surface area contributed by atoms with Crippen LogP contribution in [0.2, 0.25) is 0 Å². The van der Waals surface area contributed by atoms with Crippen molar-refractivity contribution in [1.29, 1.82) is 0 Å². The summed E-state index contributed by atoms with van der Waals surface area (Å²) in [7, 11) is 0. The first kappa shape index (κ1) is 16.0. The third-order valence-corrected chi connectivity index (χ3v) is 2.92. The maximum absolute atomic E-state index is 12.0. The fourth-order valence-corrected chi connectivity index (χ4v) is 1.77. The van der Waals surface area contributed by atoms with Gasteiger partial charge in [-0.2, -0.15) is 0 Å². The van der Waals surface area contributed by atoms with Gasteiger partial charge in [0.2, 0.25) is 5.75 Å². The lowest BCUT2D eigenvalue weighted by molar-refractivity contribution is -0.385. The Kier molecular flexibility index (Phi) is 4.62. The smallest absolute Gasteiger partial charge is 0.343 e. The van der Waals surface area contributed by atoms with E-state index in [1.54, 1.807) is 0 Å². The third kappa shape index (κ3) is 3.66. The Morgan fingerprint density at radius 1 is 1.04 bits per heavy atom. The molecule has 2 aromatic rings. The molecule has 0 heterocycles. The Morgan fingerprint density at radius 2 is 1.70 bits per heavy atom. The van der Waals surface area contributed by atoms with E-state index in [1.807, 2.05) is 0 Å². The molecule has 0 atom stereocenters. The van der Waals surface area contributed by atoms with Crippen LogP contribution in [0, 0.1) is 20.2 Å². The fraction of sp³-hybridized carbons (Fsp3) is 0.0714. The van der Waals surface area contributed by atoms with Crippen molar-refractivity contribution in [3.63, 3.8) is 0 Å². The van der Waals surface area contributed by atoms with Crippen LogP contribution in [0.3, 0.4) is 0 Å². The van der Waals surface area contributed by atoms with E-state index >= 15 is 0 Å². The Labute approximate surface area is 129 Å². The normalized spacial score (nSPS) is 10.1. The molecule has 0 bridgehead atoms. The van der Waals surface area contributed by atoms with E-state index in [1.165, 1.54) is 24.3 Å². The zero-order chi connectivity index (χ0) is 17.0. The van der Waals surface area contributed by atoms with Crippen LogP contribution >= 0.6 is 0 Å². The highest BCUT2D eigenvalue weighted by Crippen LogP contribution is 2.29. The predicted molar refractivity (Wildman–Crippen MR) is 77.1 cm³/mol. The molecule has 23 heavy (non-hydrogen) atoms. The molecule has 0 unspecified atom stereocenters. The number of carbonyl (C=O) groups is 1. The van der Waals surface area contributed by atoms with Gasteiger partial charge < -0.3 is 9.84 Å². The summed E-state index contributed by atoms with van der Waals surface area (Å²) in [4.78, 5) is 32.1. The number of hydrogen-bond acceptors (Lipinski definition) is 7.